The van der Waals surface area contributed by atoms with Gasteiger partial charge >= 0.3 is 0 Å². The SMILES string of the molecule is CN(c1nc2c(s1)-c1ccc(-c3ccn(C)c3)cc1CO2)C1CC(C)(C)NC(C)(C)C1. The van der Waals surface area contributed by atoms with E-state index in [1.165, 1.54) is 22.3 Å². The molecule has 5 rings (SSSR count). The molecule has 2 aromatic heterocycles. The van der Waals surface area contributed by atoms with Gasteiger partial charge in [-0.05, 0) is 69.4 Å². The van der Waals surface area contributed by atoms with E-state index in [0.29, 0.717) is 12.6 Å². The van der Waals surface area contributed by atoms with E-state index in [1.54, 1.807) is 11.3 Å². The Balaban J connectivity index is 1.44. The molecule has 0 bridgehead atoms. The fourth-order valence-corrected chi connectivity index (χ4v) is 6.45. The van der Waals surface area contributed by atoms with Crippen molar-refractivity contribution in [3.63, 3.8) is 0 Å². The van der Waals surface area contributed by atoms with Gasteiger partial charge in [-0.1, -0.05) is 23.5 Å². The van der Waals surface area contributed by atoms with Crippen molar-refractivity contribution in [1.82, 2.24) is 14.9 Å². The summed E-state index contributed by atoms with van der Waals surface area (Å²) in [4.78, 5) is 8.42. The average Bonchev–Trinajstić information content (AvgIpc) is 3.30. The molecule has 2 aliphatic rings. The first-order valence-corrected chi connectivity index (χ1v) is 11.8. The Hall–Kier alpha value is -2.31. The predicted octanol–water partition coefficient (Wildman–Crippen LogP) is 5.45. The number of rotatable bonds is 3. The average molecular weight is 437 g/mol. The van der Waals surface area contributed by atoms with E-state index < -0.39 is 0 Å². The number of ether oxygens (including phenoxy) is 1. The van der Waals surface area contributed by atoms with Gasteiger partial charge in [0.25, 0.3) is 0 Å². The van der Waals surface area contributed by atoms with Gasteiger partial charge in [0.15, 0.2) is 5.13 Å². The molecule has 0 saturated carbocycles. The molecule has 1 aromatic carbocycles. The van der Waals surface area contributed by atoms with E-state index in [9.17, 15) is 0 Å². The number of nitrogens with one attached hydrogen (secondary N) is 1. The summed E-state index contributed by atoms with van der Waals surface area (Å²) in [5, 5.41) is 4.83. The van der Waals surface area contributed by atoms with E-state index in [-0.39, 0.29) is 11.1 Å². The molecule has 1 saturated heterocycles. The Labute approximate surface area is 189 Å². The third-order valence-electron chi connectivity index (χ3n) is 6.48. The van der Waals surface area contributed by atoms with Crippen molar-refractivity contribution in [3.8, 4) is 27.4 Å². The molecule has 0 aliphatic carbocycles. The third-order valence-corrected chi connectivity index (χ3v) is 7.64. The standard InChI is InChI=1S/C25H32N4OS/c1-24(2)12-19(13-25(3,4)27-24)29(6)23-26-22-21(31-23)20-8-7-16(11-18(20)15-30-22)17-9-10-28(5)14-17/h7-11,14,19,27H,12-13,15H2,1-6H3. The van der Waals surface area contributed by atoms with Gasteiger partial charge in [-0.15, -0.1) is 0 Å². The molecule has 3 aromatic rings. The van der Waals surface area contributed by atoms with Crippen LogP contribution in [-0.2, 0) is 13.7 Å². The fourth-order valence-electron chi connectivity index (χ4n) is 5.35. The highest BCUT2D eigenvalue weighted by Gasteiger charge is 2.40. The number of hydrogen-bond donors (Lipinski definition) is 1. The van der Waals surface area contributed by atoms with Gasteiger partial charge in [-0.3, -0.25) is 0 Å². The van der Waals surface area contributed by atoms with Gasteiger partial charge < -0.3 is 19.5 Å². The van der Waals surface area contributed by atoms with Crippen LogP contribution in [0.25, 0.3) is 21.6 Å². The van der Waals surface area contributed by atoms with E-state index in [0.717, 1.165) is 28.7 Å². The maximum absolute atomic E-state index is 6.10. The van der Waals surface area contributed by atoms with Crippen molar-refractivity contribution >= 4 is 16.5 Å². The monoisotopic (exact) mass is 436 g/mol. The third kappa shape index (κ3) is 3.87. The molecule has 0 radical (unpaired) electrons. The molecular formula is C25H32N4OS. The lowest BCUT2D eigenvalue weighted by molar-refractivity contribution is 0.161. The maximum atomic E-state index is 6.10. The van der Waals surface area contributed by atoms with Crippen molar-refractivity contribution in [2.45, 2.75) is 64.3 Å². The quantitative estimate of drug-likeness (QED) is 0.593. The van der Waals surface area contributed by atoms with Gasteiger partial charge in [0, 0.05) is 49.2 Å². The van der Waals surface area contributed by atoms with E-state index in [2.05, 4.69) is 93.2 Å². The van der Waals surface area contributed by atoms with Crippen LogP contribution in [0.4, 0.5) is 5.13 Å². The minimum atomic E-state index is 0.106. The molecule has 5 nitrogen and oxygen atoms in total. The Bertz CT molecular complexity index is 1110. The number of fused-ring (bicyclic) bond motifs is 3. The smallest absolute Gasteiger partial charge is 0.234 e. The fraction of sp³-hybridized carbons (Fsp3) is 0.480. The van der Waals surface area contributed by atoms with E-state index in [1.807, 2.05) is 0 Å². The minimum absolute atomic E-state index is 0.106. The number of aromatic nitrogens is 2. The van der Waals surface area contributed by atoms with E-state index in [4.69, 9.17) is 9.72 Å². The highest BCUT2D eigenvalue weighted by molar-refractivity contribution is 7.19. The summed E-state index contributed by atoms with van der Waals surface area (Å²) in [6, 6.07) is 9.30. The van der Waals surface area contributed by atoms with Crippen LogP contribution in [0.3, 0.4) is 0 Å². The van der Waals surface area contributed by atoms with Crippen LogP contribution in [0.1, 0.15) is 46.1 Å². The first-order valence-electron chi connectivity index (χ1n) is 11.0. The number of nitrogens with zero attached hydrogens (tertiary/aromatic N) is 3. The van der Waals surface area contributed by atoms with Crippen molar-refractivity contribution < 1.29 is 4.74 Å². The summed E-state index contributed by atoms with van der Waals surface area (Å²) in [6.07, 6.45) is 6.42. The lowest BCUT2D eigenvalue weighted by Crippen LogP contribution is -2.61. The van der Waals surface area contributed by atoms with Gasteiger partial charge in [-0.2, -0.15) is 4.98 Å². The van der Waals surface area contributed by atoms with Crippen LogP contribution in [-0.4, -0.2) is 33.7 Å². The molecule has 0 unspecified atom stereocenters. The zero-order valence-electron chi connectivity index (χ0n) is 19.3. The summed E-state index contributed by atoms with van der Waals surface area (Å²) in [5.74, 6) is 0.777. The molecule has 0 spiro atoms. The highest BCUT2D eigenvalue weighted by atomic mass is 32.1. The van der Waals surface area contributed by atoms with Crippen LogP contribution >= 0.6 is 11.3 Å². The van der Waals surface area contributed by atoms with Crippen molar-refractivity contribution in [2.24, 2.45) is 7.05 Å². The highest BCUT2D eigenvalue weighted by Crippen LogP contribution is 2.46. The maximum Gasteiger partial charge on any atom is 0.234 e. The summed E-state index contributed by atoms with van der Waals surface area (Å²) in [6.45, 7) is 9.76. The van der Waals surface area contributed by atoms with Crippen LogP contribution in [0.5, 0.6) is 5.88 Å². The number of anilines is 1. The second-order valence-corrected chi connectivity index (χ2v) is 11.4. The largest absolute Gasteiger partial charge is 0.472 e. The Morgan fingerprint density at radius 2 is 1.87 bits per heavy atom. The lowest BCUT2D eigenvalue weighted by Gasteiger charge is -2.48. The molecule has 164 valence electrons. The molecule has 6 heteroatoms. The first-order chi connectivity index (χ1) is 14.6. The van der Waals surface area contributed by atoms with Gasteiger partial charge in [-0.25, -0.2) is 0 Å². The van der Waals surface area contributed by atoms with Crippen LogP contribution in [0.15, 0.2) is 36.7 Å². The van der Waals surface area contributed by atoms with Gasteiger partial charge in [0.1, 0.15) is 11.5 Å². The second kappa shape index (κ2) is 7.10. The Morgan fingerprint density at radius 1 is 1.13 bits per heavy atom. The molecule has 0 amide bonds. The number of benzene rings is 1. The summed E-state index contributed by atoms with van der Waals surface area (Å²) in [7, 11) is 4.24. The topological polar surface area (TPSA) is 42.3 Å². The van der Waals surface area contributed by atoms with Crippen molar-refractivity contribution in [2.75, 3.05) is 11.9 Å². The number of thiazole rings is 1. The summed E-state index contributed by atoms with van der Waals surface area (Å²) >= 11 is 1.75. The van der Waals surface area contributed by atoms with Crippen LogP contribution in [0, 0.1) is 0 Å². The number of piperidine rings is 1. The lowest BCUT2D eigenvalue weighted by atomic mass is 9.79. The molecule has 1 N–H and O–H groups in total. The van der Waals surface area contributed by atoms with Crippen molar-refractivity contribution in [1.29, 1.82) is 0 Å². The van der Waals surface area contributed by atoms with E-state index >= 15 is 0 Å². The van der Waals surface area contributed by atoms with Crippen LogP contribution in [0.2, 0.25) is 0 Å². The molecule has 4 heterocycles. The first kappa shape index (κ1) is 20.6. The molecule has 2 aliphatic heterocycles. The Kier molecular flexibility index (Phi) is 4.72. The Morgan fingerprint density at radius 3 is 2.55 bits per heavy atom. The molecular weight excluding hydrogens is 404 g/mol. The minimum Gasteiger partial charge on any atom is -0.472 e. The number of aryl methyl sites for hydroxylation is 1. The number of hydrogen-bond acceptors (Lipinski definition) is 5. The zero-order chi connectivity index (χ0) is 22.0. The zero-order valence-corrected chi connectivity index (χ0v) is 20.1. The van der Waals surface area contributed by atoms with Crippen LogP contribution < -0.4 is 15.0 Å². The second-order valence-electron chi connectivity index (χ2n) is 10.4. The summed E-state index contributed by atoms with van der Waals surface area (Å²) < 4.78 is 8.18. The summed E-state index contributed by atoms with van der Waals surface area (Å²) in [5.41, 5.74) is 5.16. The van der Waals surface area contributed by atoms with Gasteiger partial charge in [0.2, 0.25) is 5.88 Å². The van der Waals surface area contributed by atoms with Gasteiger partial charge in [0.05, 0.1) is 0 Å². The molecule has 0 atom stereocenters. The molecule has 1 fully saturated rings. The predicted molar refractivity (Wildman–Crippen MR) is 129 cm³/mol. The van der Waals surface area contributed by atoms with Crippen molar-refractivity contribution in [3.05, 3.63) is 42.2 Å². The molecule has 31 heavy (non-hydrogen) atoms. The normalized spacial score (nSPS) is 19.4.